The van der Waals surface area contributed by atoms with E-state index >= 15 is 0 Å². The molecule has 2 N–H and O–H groups in total. The van der Waals surface area contributed by atoms with Crippen molar-refractivity contribution in [1.29, 1.82) is 0 Å². The van der Waals surface area contributed by atoms with Crippen LogP contribution in [-0.2, 0) is 17.6 Å². The van der Waals surface area contributed by atoms with Gasteiger partial charge in [0.15, 0.2) is 18.1 Å². The maximum Gasteiger partial charge on any atom is 0.255 e. The average Bonchev–Trinajstić information content (AvgIpc) is 2.59. The van der Waals surface area contributed by atoms with Crippen LogP contribution in [0.2, 0.25) is 0 Å². The summed E-state index contributed by atoms with van der Waals surface area (Å²) in [5.41, 5.74) is 7.43. The summed E-state index contributed by atoms with van der Waals surface area (Å²) in [5.74, 6) is 2.20. The second-order valence-corrected chi connectivity index (χ2v) is 5.94. The minimum atomic E-state index is -0.480. The van der Waals surface area contributed by atoms with E-state index in [1.54, 1.807) is 7.11 Å². The summed E-state index contributed by atoms with van der Waals surface area (Å²) in [6.45, 7) is 0.545. The summed E-state index contributed by atoms with van der Waals surface area (Å²) >= 11 is 0. The second-order valence-electron chi connectivity index (χ2n) is 5.94. The lowest BCUT2D eigenvalue weighted by molar-refractivity contribution is -0.119. The Morgan fingerprint density at radius 3 is 2.92 bits per heavy atom. The molecule has 5 heteroatoms. The van der Waals surface area contributed by atoms with Crippen molar-refractivity contribution in [3.63, 3.8) is 0 Å². The quantitative estimate of drug-likeness (QED) is 0.884. The van der Waals surface area contributed by atoms with E-state index in [1.807, 2.05) is 30.3 Å². The zero-order chi connectivity index (χ0) is 16.9. The van der Waals surface area contributed by atoms with Crippen LogP contribution in [0.4, 0.5) is 0 Å². The van der Waals surface area contributed by atoms with Gasteiger partial charge in [-0.25, -0.2) is 0 Å². The maximum atomic E-state index is 10.8. The summed E-state index contributed by atoms with van der Waals surface area (Å²) in [6.07, 6.45) is 1.82. The van der Waals surface area contributed by atoms with Crippen molar-refractivity contribution in [2.45, 2.75) is 12.8 Å². The smallest absolute Gasteiger partial charge is 0.255 e. The Labute approximate surface area is 141 Å². The van der Waals surface area contributed by atoms with E-state index in [0.29, 0.717) is 18.3 Å². The standard InChI is InChI=1S/C19H21NO4/c1-22-17-7-3-5-15-9-14(11-24-19(15)17)8-13-4-2-6-16(10-13)23-12-18(20)21/h2-7,10,14H,8-9,11-12H2,1H3,(H2,20,21)/t14-/m1/s1. The molecule has 3 rings (SSSR count). The molecule has 2 aromatic carbocycles. The number of hydrogen-bond donors (Lipinski definition) is 1. The molecule has 5 nitrogen and oxygen atoms in total. The Bertz CT molecular complexity index is 729. The van der Waals surface area contributed by atoms with Crippen molar-refractivity contribution in [3.8, 4) is 17.2 Å². The molecule has 0 fully saturated rings. The molecule has 1 amide bonds. The summed E-state index contributed by atoms with van der Waals surface area (Å²) in [7, 11) is 1.66. The Morgan fingerprint density at radius 1 is 1.29 bits per heavy atom. The van der Waals surface area contributed by atoms with Gasteiger partial charge < -0.3 is 19.9 Å². The normalized spacial score (nSPS) is 16.0. The predicted octanol–water partition coefficient (Wildman–Crippen LogP) is 2.35. The lowest BCUT2D eigenvalue weighted by Gasteiger charge is -2.26. The number of hydrogen-bond acceptors (Lipinski definition) is 4. The van der Waals surface area contributed by atoms with Crippen molar-refractivity contribution in [1.82, 2.24) is 0 Å². The molecular formula is C19H21NO4. The van der Waals surface area contributed by atoms with Gasteiger partial charge in [0.2, 0.25) is 0 Å². The van der Waals surface area contributed by atoms with Crippen LogP contribution in [-0.4, -0.2) is 26.2 Å². The number of amides is 1. The highest BCUT2D eigenvalue weighted by Crippen LogP contribution is 2.36. The monoisotopic (exact) mass is 327 g/mol. The van der Waals surface area contributed by atoms with Gasteiger partial charge in [-0.1, -0.05) is 24.3 Å². The third-order valence-corrected chi connectivity index (χ3v) is 4.06. The number of fused-ring (bicyclic) bond motifs is 1. The molecule has 0 saturated heterocycles. The van der Waals surface area contributed by atoms with Crippen LogP contribution >= 0.6 is 0 Å². The molecule has 1 heterocycles. The van der Waals surface area contributed by atoms with Gasteiger partial charge in [0.25, 0.3) is 5.91 Å². The largest absolute Gasteiger partial charge is 0.493 e. The van der Waals surface area contributed by atoms with Gasteiger partial charge >= 0.3 is 0 Å². The molecule has 0 bridgehead atoms. The molecule has 2 aromatic rings. The first-order valence-corrected chi connectivity index (χ1v) is 7.94. The first kappa shape index (κ1) is 16.2. The van der Waals surface area contributed by atoms with Gasteiger partial charge in [-0.15, -0.1) is 0 Å². The van der Waals surface area contributed by atoms with E-state index in [4.69, 9.17) is 19.9 Å². The minimum Gasteiger partial charge on any atom is -0.493 e. The number of nitrogens with two attached hydrogens (primary N) is 1. The number of carbonyl (C=O) groups excluding carboxylic acids is 1. The molecule has 0 unspecified atom stereocenters. The van der Waals surface area contributed by atoms with Crippen molar-refractivity contribution in [2.24, 2.45) is 11.7 Å². The number of methoxy groups -OCH3 is 1. The zero-order valence-corrected chi connectivity index (χ0v) is 13.7. The van der Waals surface area contributed by atoms with E-state index in [9.17, 15) is 4.79 Å². The third-order valence-electron chi connectivity index (χ3n) is 4.06. The molecule has 1 aliphatic rings. The summed E-state index contributed by atoms with van der Waals surface area (Å²) in [4.78, 5) is 10.8. The van der Waals surface area contributed by atoms with E-state index in [0.717, 1.165) is 29.9 Å². The van der Waals surface area contributed by atoms with E-state index < -0.39 is 5.91 Å². The van der Waals surface area contributed by atoms with E-state index in [-0.39, 0.29) is 6.61 Å². The molecule has 1 atom stereocenters. The molecule has 24 heavy (non-hydrogen) atoms. The van der Waals surface area contributed by atoms with Crippen molar-refractivity contribution in [3.05, 3.63) is 53.6 Å². The van der Waals surface area contributed by atoms with Gasteiger partial charge in [-0.3, -0.25) is 4.79 Å². The number of para-hydroxylation sites is 1. The molecule has 0 radical (unpaired) electrons. The van der Waals surface area contributed by atoms with E-state index in [1.165, 1.54) is 5.56 Å². The van der Waals surface area contributed by atoms with Crippen molar-refractivity contribution >= 4 is 5.91 Å². The molecule has 0 spiro atoms. The Balaban J connectivity index is 1.67. The fourth-order valence-corrected chi connectivity index (χ4v) is 3.00. The van der Waals surface area contributed by atoms with Gasteiger partial charge in [-0.05, 0) is 42.2 Å². The summed E-state index contributed by atoms with van der Waals surface area (Å²) in [6, 6.07) is 13.7. The minimum absolute atomic E-state index is 0.108. The SMILES string of the molecule is COc1cccc2c1OC[C@H](Cc1cccc(OCC(N)=O)c1)C2. The number of carbonyl (C=O) groups is 1. The molecule has 1 aliphatic heterocycles. The highest BCUT2D eigenvalue weighted by atomic mass is 16.5. The molecular weight excluding hydrogens is 306 g/mol. The lowest BCUT2D eigenvalue weighted by Crippen LogP contribution is -2.23. The number of benzene rings is 2. The maximum absolute atomic E-state index is 10.8. The van der Waals surface area contributed by atoms with Crippen LogP contribution in [0, 0.1) is 5.92 Å². The van der Waals surface area contributed by atoms with Gasteiger partial charge in [-0.2, -0.15) is 0 Å². The highest BCUT2D eigenvalue weighted by Gasteiger charge is 2.22. The number of rotatable bonds is 6. The first-order chi connectivity index (χ1) is 11.7. The van der Waals surface area contributed by atoms with Crippen LogP contribution < -0.4 is 19.9 Å². The van der Waals surface area contributed by atoms with Crippen molar-refractivity contribution in [2.75, 3.05) is 20.3 Å². The molecule has 0 aliphatic carbocycles. The average molecular weight is 327 g/mol. The predicted molar refractivity (Wildman–Crippen MR) is 90.5 cm³/mol. The Morgan fingerprint density at radius 2 is 2.12 bits per heavy atom. The van der Waals surface area contributed by atoms with Gasteiger partial charge in [0, 0.05) is 5.92 Å². The van der Waals surface area contributed by atoms with Crippen LogP contribution in [0.5, 0.6) is 17.2 Å². The molecule has 126 valence electrons. The van der Waals surface area contributed by atoms with Crippen LogP contribution in [0.15, 0.2) is 42.5 Å². The highest BCUT2D eigenvalue weighted by molar-refractivity contribution is 5.75. The summed E-state index contributed by atoms with van der Waals surface area (Å²) in [5, 5.41) is 0. The molecule has 0 saturated carbocycles. The van der Waals surface area contributed by atoms with Crippen LogP contribution in [0.25, 0.3) is 0 Å². The number of ether oxygens (including phenoxy) is 3. The molecule has 0 aromatic heterocycles. The fraction of sp³-hybridized carbons (Fsp3) is 0.316. The lowest BCUT2D eigenvalue weighted by atomic mass is 9.91. The first-order valence-electron chi connectivity index (χ1n) is 7.94. The Kier molecular flexibility index (Phi) is 4.89. The zero-order valence-electron chi connectivity index (χ0n) is 13.7. The topological polar surface area (TPSA) is 70.8 Å². The second kappa shape index (κ2) is 7.25. The van der Waals surface area contributed by atoms with Gasteiger partial charge in [0.1, 0.15) is 5.75 Å². The fourth-order valence-electron chi connectivity index (χ4n) is 3.00. The third kappa shape index (κ3) is 3.79. The van der Waals surface area contributed by atoms with Gasteiger partial charge in [0.05, 0.1) is 13.7 Å². The summed E-state index contributed by atoms with van der Waals surface area (Å²) < 4.78 is 16.6. The van der Waals surface area contributed by atoms with Crippen LogP contribution in [0.1, 0.15) is 11.1 Å². The van der Waals surface area contributed by atoms with E-state index in [2.05, 4.69) is 12.1 Å². The Hall–Kier alpha value is -2.69. The van der Waals surface area contributed by atoms with Crippen molar-refractivity contribution < 1.29 is 19.0 Å². The number of primary amides is 1. The van der Waals surface area contributed by atoms with Crippen LogP contribution in [0.3, 0.4) is 0 Å².